The topological polar surface area (TPSA) is 145 Å². The lowest BCUT2D eigenvalue weighted by Crippen LogP contribution is -2.53. The summed E-state index contributed by atoms with van der Waals surface area (Å²) in [6.07, 6.45) is 6.03. The Labute approximate surface area is 198 Å². The largest absolute Gasteiger partial charge is 0.631 e. The van der Waals surface area contributed by atoms with E-state index in [1.807, 2.05) is 0 Å². The monoisotopic (exact) mass is 491 g/mol. The summed E-state index contributed by atoms with van der Waals surface area (Å²) >= 11 is 0. The second kappa shape index (κ2) is 11.5. The average molecular weight is 491 g/mol. The van der Waals surface area contributed by atoms with Gasteiger partial charge in [0.1, 0.15) is 5.94 Å². The maximum absolute atomic E-state index is 13.0. The molecule has 34 heavy (non-hydrogen) atoms. The molecule has 0 spiro atoms. The lowest BCUT2D eigenvalue weighted by Gasteiger charge is -2.25. The van der Waals surface area contributed by atoms with Crippen LogP contribution in [0.1, 0.15) is 38.5 Å². The summed E-state index contributed by atoms with van der Waals surface area (Å²) in [7, 11) is -4.28. The Bertz CT molecular complexity index is 1060. The lowest BCUT2D eigenvalue weighted by molar-refractivity contribution is -0.384. The number of sulfonamides is 1. The highest BCUT2D eigenvalue weighted by molar-refractivity contribution is 7.89. The molecular weight excluding hydrogens is 465 g/mol. The van der Waals surface area contributed by atoms with Crippen molar-refractivity contribution >= 4 is 34.8 Å². The van der Waals surface area contributed by atoms with Crippen LogP contribution in [0.2, 0.25) is 0 Å². The highest BCUT2D eigenvalue weighted by atomic mass is 32.2. The van der Waals surface area contributed by atoms with Crippen molar-refractivity contribution in [3.63, 3.8) is 0 Å². The maximum Gasteiger partial charge on any atom is 0.631 e. The second-order valence-electron chi connectivity index (χ2n) is 8.40. The van der Waals surface area contributed by atoms with Crippen LogP contribution in [0.15, 0.2) is 29.2 Å². The molecule has 182 valence electrons. The van der Waals surface area contributed by atoms with Crippen molar-refractivity contribution in [1.82, 2.24) is 9.62 Å². The molecule has 1 atom stereocenters. The predicted molar refractivity (Wildman–Crippen MR) is 122 cm³/mol. The third kappa shape index (κ3) is 7.28. The van der Waals surface area contributed by atoms with Crippen LogP contribution < -0.4 is 4.72 Å². The van der Waals surface area contributed by atoms with E-state index in [0.717, 1.165) is 49.9 Å². The fourth-order valence-electron chi connectivity index (χ4n) is 3.83. The number of carbonyl (C=O) groups excluding carboxylic acids is 2. The Hall–Kier alpha value is -2.95. The van der Waals surface area contributed by atoms with Crippen molar-refractivity contribution in [2.75, 3.05) is 20.1 Å². The zero-order valence-electron chi connectivity index (χ0n) is 18.8. The van der Waals surface area contributed by atoms with Crippen LogP contribution in [0.25, 0.3) is 0 Å². The number of non-ortho nitro benzene ring substituents is 1. The van der Waals surface area contributed by atoms with E-state index < -0.39 is 39.9 Å². The van der Waals surface area contributed by atoms with Crippen LogP contribution in [0.4, 0.5) is 5.69 Å². The Balaban J connectivity index is 1.84. The van der Waals surface area contributed by atoms with E-state index in [9.17, 15) is 28.1 Å². The maximum atomic E-state index is 13.0. The second-order valence-corrected chi connectivity index (χ2v) is 10.1. The minimum atomic E-state index is -4.24. The van der Waals surface area contributed by atoms with Gasteiger partial charge in [-0.15, -0.1) is 5.92 Å². The van der Waals surface area contributed by atoms with E-state index in [1.165, 1.54) is 11.3 Å². The van der Waals surface area contributed by atoms with Crippen LogP contribution in [0, 0.1) is 27.9 Å². The van der Waals surface area contributed by atoms with Crippen molar-refractivity contribution in [3.05, 3.63) is 34.4 Å². The first-order valence-electron chi connectivity index (χ1n) is 11.0. The molecule has 13 heteroatoms. The van der Waals surface area contributed by atoms with Crippen molar-refractivity contribution in [2.45, 2.75) is 49.4 Å². The number of carbonyl (C=O) groups is 2. The zero-order valence-corrected chi connectivity index (χ0v) is 19.6. The summed E-state index contributed by atoms with van der Waals surface area (Å²) < 4.78 is 38.7. The van der Waals surface area contributed by atoms with Gasteiger partial charge in [0.25, 0.3) is 5.69 Å². The number of likely N-dealkylation sites (N-methyl/N-ethyl adjacent to an activating group) is 1. The molecule has 0 aromatic heterocycles. The quantitative estimate of drug-likeness (QED) is 0.269. The van der Waals surface area contributed by atoms with Crippen molar-refractivity contribution in [2.24, 2.45) is 5.92 Å². The fraction of sp³-hybridized carbons (Fsp3) is 0.524. The number of nitro groups is 1. The Morgan fingerprint density at radius 2 is 1.74 bits per heavy atom. The number of rotatable bonds is 6. The van der Waals surface area contributed by atoms with Gasteiger partial charge in [0, 0.05) is 18.6 Å². The van der Waals surface area contributed by atoms with E-state index in [1.54, 1.807) is 7.05 Å². The molecule has 1 saturated heterocycles. The lowest BCUT2D eigenvalue weighted by atomic mass is 9.78. The fourth-order valence-corrected chi connectivity index (χ4v) is 4.97. The molecule has 2 aliphatic rings. The standard InChI is InChI=1S/C21H26BN3O8S/c1-24-14-20(26)32-22(33-21(27)15-24)19(9-5-8-16-6-3-2-4-7-16)23-34(30,31)18-12-10-17(11-13-18)25(28)29/h10-13,16,19,23H,2-4,6-8,14-15H2,1H3. The summed E-state index contributed by atoms with van der Waals surface area (Å²) in [5.41, 5.74) is -0.269. The van der Waals surface area contributed by atoms with Gasteiger partial charge >= 0.3 is 19.1 Å². The smallest absolute Gasteiger partial charge is 0.497 e. The van der Waals surface area contributed by atoms with Crippen LogP contribution in [0.5, 0.6) is 0 Å². The minimum absolute atomic E-state index is 0.178. The SMILES string of the molecule is CN1CC(=O)OB(C(C#CCC2CCCCC2)NS(=O)(=O)c2ccc([N+](=O)[O-])cc2)OC(=O)C1. The highest BCUT2D eigenvalue weighted by Gasteiger charge is 2.41. The first kappa shape index (κ1) is 25.7. The van der Waals surface area contributed by atoms with Gasteiger partial charge in [0.05, 0.1) is 22.9 Å². The first-order chi connectivity index (χ1) is 16.1. The Kier molecular flexibility index (Phi) is 8.65. The molecule has 1 N–H and O–H groups in total. The van der Waals surface area contributed by atoms with Crippen molar-refractivity contribution in [3.8, 4) is 11.8 Å². The average Bonchev–Trinajstić information content (AvgIpc) is 2.77. The summed E-state index contributed by atoms with van der Waals surface area (Å²) in [6.45, 7) is -0.355. The number of nitrogens with one attached hydrogen (secondary N) is 1. The molecule has 2 fully saturated rings. The Morgan fingerprint density at radius 3 is 2.29 bits per heavy atom. The number of hydrogen-bond donors (Lipinski definition) is 1. The van der Waals surface area contributed by atoms with Gasteiger partial charge in [-0.2, -0.15) is 4.72 Å². The van der Waals surface area contributed by atoms with Crippen LogP contribution in [0.3, 0.4) is 0 Å². The molecule has 1 unspecified atom stereocenters. The zero-order chi connectivity index (χ0) is 24.7. The van der Waals surface area contributed by atoms with Crippen molar-refractivity contribution in [1.29, 1.82) is 0 Å². The third-order valence-electron chi connectivity index (χ3n) is 5.58. The molecule has 1 heterocycles. The van der Waals surface area contributed by atoms with Gasteiger partial charge in [-0.05, 0) is 37.9 Å². The Morgan fingerprint density at radius 1 is 1.15 bits per heavy atom. The summed E-state index contributed by atoms with van der Waals surface area (Å²) in [5.74, 6) is 3.37. The minimum Gasteiger partial charge on any atom is -0.497 e. The first-order valence-corrected chi connectivity index (χ1v) is 12.4. The predicted octanol–water partition coefficient (Wildman–Crippen LogP) is 1.27. The van der Waals surface area contributed by atoms with E-state index in [4.69, 9.17) is 9.31 Å². The normalized spacial score (nSPS) is 19.1. The van der Waals surface area contributed by atoms with Gasteiger partial charge < -0.3 is 9.31 Å². The number of nitro benzene ring substituents is 1. The number of nitrogens with zero attached hydrogens (tertiary/aromatic N) is 2. The molecule has 1 aliphatic carbocycles. The van der Waals surface area contributed by atoms with Gasteiger partial charge in [-0.1, -0.05) is 25.2 Å². The van der Waals surface area contributed by atoms with Crippen LogP contribution in [-0.4, -0.2) is 63.4 Å². The molecule has 1 saturated carbocycles. The van der Waals surface area contributed by atoms with Gasteiger partial charge in [0.2, 0.25) is 10.0 Å². The van der Waals surface area contributed by atoms with Gasteiger partial charge in [0.15, 0.2) is 0 Å². The molecule has 11 nitrogen and oxygen atoms in total. The molecule has 1 aliphatic heterocycles. The van der Waals surface area contributed by atoms with Gasteiger partial charge in [-0.25, -0.2) is 8.42 Å². The van der Waals surface area contributed by atoms with E-state index in [-0.39, 0.29) is 23.7 Å². The van der Waals surface area contributed by atoms with E-state index in [0.29, 0.717) is 12.3 Å². The summed E-state index contributed by atoms with van der Waals surface area (Å²) in [5, 5.41) is 10.9. The third-order valence-corrected chi connectivity index (χ3v) is 7.04. The summed E-state index contributed by atoms with van der Waals surface area (Å²) in [4.78, 5) is 35.7. The molecule has 1 aromatic rings. The van der Waals surface area contributed by atoms with Gasteiger partial charge in [-0.3, -0.25) is 24.6 Å². The molecule has 0 bridgehead atoms. The molecule has 0 amide bonds. The van der Waals surface area contributed by atoms with Crippen LogP contribution >= 0.6 is 0 Å². The van der Waals surface area contributed by atoms with E-state index in [2.05, 4.69) is 16.6 Å². The molecular formula is C21H26BN3O8S. The molecule has 1 aromatic carbocycles. The number of hydrogen-bond acceptors (Lipinski definition) is 9. The molecule has 3 rings (SSSR count). The molecule has 0 radical (unpaired) electrons. The van der Waals surface area contributed by atoms with Crippen molar-refractivity contribution < 1.29 is 32.2 Å². The summed E-state index contributed by atoms with van der Waals surface area (Å²) in [6, 6.07) is 4.28. The van der Waals surface area contributed by atoms with Crippen LogP contribution in [-0.2, 0) is 28.9 Å². The van der Waals surface area contributed by atoms with E-state index >= 15 is 0 Å². The number of benzene rings is 1. The highest BCUT2D eigenvalue weighted by Crippen LogP contribution is 2.25.